The van der Waals surface area contributed by atoms with Crippen LogP contribution in [0, 0.1) is 5.92 Å². The van der Waals surface area contributed by atoms with Crippen LogP contribution < -0.4 is 0 Å². The molecule has 6 heteroatoms. The highest BCUT2D eigenvalue weighted by atomic mass is 19.4. The predicted octanol–water partition coefficient (Wildman–Crippen LogP) is 1.85. The Balaban J connectivity index is 4.74. The van der Waals surface area contributed by atoms with E-state index >= 15 is 0 Å². The lowest BCUT2D eigenvalue weighted by Crippen LogP contribution is -2.48. The van der Waals surface area contributed by atoms with Gasteiger partial charge in [-0.25, -0.2) is 9.18 Å². The molecule has 0 saturated heterocycles. The minimum atomic E-state index is -3.57. The summed E-state index contributed by atoms with van der Waals surface area (Å²) >= 11 is 0. The third-order valence-electron chi connectivity index (χ3n) is 1.81. The molecule has 0 aromatic carbocycles. The topological polar surface area (TPSA) is 40.5 Å². The molecule has 0 aliphatic rings. The number of halogens is 3. The number of rotatable bonds is 4. The molecule has 0 rings (SSSR count). The van der Waals surface area contributed by atoms with Crippen LogP contribution in [-0.2, 0) is 4.79 Å². The van der Waals surface area contributed by atoms with Crippen molar-refractivity contribution >= 4 is 5.97 Å². The van der Waals surface area contributed by atoms with E-state index in [4.69, 9.17) is 5.11 Å². The maximum absolute atomic E-state index is 13.0. The zero-order valence-electron chi connectivity index (χ0n) is 6.72. The highest BCUT2D eigenvalue weighted by Gasteiger charge is 2.51. The summed E-state index contributed by atoms with van der Waals surface area (Å²) in [6.07, 6.45) is 0.0210. The van der Waals surface area contributed by atoms with E-state index in [0.717, 1.165) is 6.92 Å². The predicted molar refractivity (Wildman–Crippen MR) is 35.0 cm³/mol. The van der Waals surface area contributed by atoms with Crippen LogP contribution in [0.25, 0.3) is 0 Å². The first-order valence-electron chi connectivity index (χ1n) is 3.41. The SMILES string of the molecule is CCC(C)C(F)(C(=O)O)N(F)F. The zero-order valence-corrected chi connectivity index (χ0v) is 6.72. The van der Waals surface area contributed by atoms with Crippen molar-refractivity contribution < 1.29 is 23.3 Å². The van der Waals surface area contributed by atoms with Crippen molar-refractivity contribution in [2.24, 2.45) is 5.92 Å². The molecule has 0 amide bonds. The average molecular weight is 185 g/mol. The van der Waals surface area contributed by atoms with Gasteiger partial charge in [-0.05, 0) is 6.42 Å². The molecule has 72 valence electrons. The van der Waals surface area contributed by atoms with Crippen molar-refractivity contribution in [3.63, 3.8) is 0 Å². The van der Waals surface area contributed by atoms with Crippen LogP contribution in [-0.4, -0.2) is 22.2 Å². The molecule has 0 spiro atoms. The summed E-state index contributed by atoms with van der Waals surface area (Å²) in [6, 6.07) is 0. The first-order chi connectivity index (χ1) is 5.37. The summed E-state index contributed by atoms with van der Waals surface area (Å²) in [6.45, 7) is 2.55. The molecule has 12 heavy (non-hydrogen) atoms. The standard InChI is InChI=1S/C6H10F3NO2/c1-3-4(2)6(7,5(11)12)10(8)9/h4H,3H2,1-2H3,(H,11,12). The Morgan fingerprint density at radius 3 is 2.17 bits per heavy atom. The first-order valence-corrected chi connectivity index (χ1v) is 3.41. The van der Waals surface area contributed by atoms with Gasteiger partial charge in [0.1, 0.15) is 0 Å². The Hall–Kier alpha value is -0.780. The quantitative estimate of drug-likeness (QED) is 0.536. The summed E-state index contributed by atoms with van der Waals surface area (Å²) in [5.41, 5.74) is 0. The number of hydrogen-bond donors (Lipinski definition) is 1. The number of aliphatic carboxylic acids is 1. The molecule has 2 unspecified atom stereocenters. The third kappa shape index (κ3) is 1.69. The van der Waals surface area contributed by atoms with Gasteiger partial charge in [-0.1, -0.05) is 22.8 Å². The highest BCUT2D eigenvalue weighted by Crippen LogP contribution is 2.30. The average Bonchev–Trinajstić information content (AvgIpc) is 2.00. The van der Waals surface area contributed by atoms with Crippen LogP contribution in [0.4, 0.5) is 13.4 Å². The summed E-state index contributed by atoms with van der Waals surface area (Å²) in [4.78, 5) is 10.2. The van der Waals surface area contributed by atoms with E-state index in [1.165, 1.54) is 6.92 Å². The van der Waals surface area contributed by atoms with Gasteiger partial charge in [0.25, 0.3) is 0 Å². The van der Waals surface area contributed by atoms with E-state index in [9.17, 15) is 18.1 Å². The van der Waals surface area contributed by atoms with Gasteiger partial charge in [0.2, 0.25) is 0 Å². The molecule has 0 saturated carbocycles. The van der Waals surface area contributed by atoms with Crippen LogP contribution in [0.3, 0.4) is 0 Å². The van der Waals surface area contributed by atoms with Crippen molar-refractivity contribution in [3.05, 3.63) is 0 Å². The van der Waals surface area contributed by atoms with Gasteiger partial charge in [-0.15, -0.1) is 0 Å². The van der Waals surface area contributed by atoms with Crippen LogP contribution in [0.5, 0.6) is 0 Å². The number of carboxylic acid groups (broad SMARTS) is 1. The van der Waals surface area contributed by atoms with Crippen LogP contribution >= 0.6 is 0 Å². The van der Waals surface area contributed by atoms with Crippen molar-refractivity contribution in [2.45, 2.75) is 26.1 Å². The van der Waals surface area contributed by atoms with Crippen LogP contribution in [0.15, 0.2) is 0 Å². The lowest BCUT2D eigenvalue weighted by molar-refractivity contribution is -0.290. The lowest BCUT2D eigenvalue weighted by Gasteiger charge is -2.25. The molecule has 0 fully saturated rings. The Labute approximate surface area is 67.6 Å². The van der Waals surface area contributed by atoms with Crippen molar-refractivity contribution in [1.82, 2.24) is 5.34 Å². The normalized spacial score (nSPS) is 18.8. The van der Waals surface area contributed by atoms with Gasteiger partial charge in [-0.2, -0.15) is 0 Å². The third-order valence-corrected chi connectivity index (χ3v) is 1.81. The van der Waals surface area contributed by atoms with E-state index in [1.54, 1.807) is 0 Å². The van der Waals surface area contributed by atoms with E-state index in [-0.39, 0.29) is 6.42 Å². The van der Waals surface area contributed by atoms with Gasteiger partial charge in [-0.3, -0.25) is 0 Å². The van der Waals surface area contributed by atoms with E-state index in [2.05, 4.69) is 0 Å². The zero-order chi connectivity index (χ0) is 9.94. The number of alkyl halides is 1. The fourth-order valence-corrected chi connectivity index (χ4v) is 0.720. The van der Waals surface area contributed by atoms with Gasteiger partial charge >= 0.3 is 11.8 Å². The highest BCUT2D eigenvalue weighted by molar-refractivity contribution is 5.76. The minimum absolute atomic E-state index is 0.0210. The number of nitrogens with zero attached hydrogens (tertiary/aromatic N) is 1. The molecule has 0 heterocycles. The Morgan fingerprint density at radius 2 is 2.08 bits per heavy atom. The summed E-state index contributed by atoms with van der Waals surface area (Å²) in [7, 11) is 0. The monoisotopic (exact) mass is 185 g/mol. The molecular weight excluding hydrogens is 175 g/mol. The first kappa shape index (κ1) is 11.2. The second-order valence-electron chi connectivity index (χ2n) is 2.52. The molecule has 0 aliphatic heterocycles. The van der Waals surface area contributed by atoms with Gasteiger partial charge in [0, 0.05) is 5.92 Å². The second-order valence-corrected chi connectivity index (χ2v) is 2.52. The summed E-state index contributed by atoms with van der Waals surface area (Å²) in [5.74, 6) is -7.00. The number of hydrogen-bond acceptors (Lipinski definition) is 2. The van der Waals surface area contributed by atoms with Gasteiger partial charge in [0.05, 0.1) is 5.34 Å². The molecule has 0 aromatic rings. The minimum Gasteiger partial charge on any atom is -0.478 e. The maximum Gasteiger partial charge on any atom is 0.362 e. The van der Waals surface area contributed by atoms with E-state index < -0.39 is 23.0 Å². The molecular formula is C6H10F3NO2. The van der Waals surface area contributed by atoms with Crippen molar-refractivity contribution in [2.75, 3.05) is 0 Å². The number of carboxylic acids is 1. The molecule has 0 bridgehead atoms. The Kier molecular flexibility index (Phi) is 3.51. The molecule has 0 aromatic heterocycles. The molecule has 1 N–H and O–H groups in total. The molecule has 3 nitrogen and oxygen atoms in total. The largest absolute Gasteiger partial charge is 0.478 e. The summed E-state index contributed by atoms with van der Waals surface area (Å²) in [5, 5.41) is 6.31. The van der Waals surface area contributed by atoms with Crippen molar-refractivity contribution in [3.8, 4) is 0 Å². The van der Waals surface area contributed by atoms with Crippen LogP contribution in [0.2, 0.25) is 0 Å². The van der Waals surface area contributed by atoms with Gasteiger partial charge < -0.3 is 5.11 Å². The lowest BCUT2D eigenvalue weighted by atomic mass is 9.97. The molecule has 0 aliphatic carbocycles. The Morgan fingerprint density at radius 1 is 1.67 bits per heavy atom. The number of carbonyl (C=O) groups is 1. The smallest absolute Gasteiger partial charge is 0.362 e. The van der Waals surface area contributed by atoms with Gasteiger partial charge in [0.15, 0.2) is 0 Å². The molecule has 2 atom stereocenters. The Bertz CT molecular complexity index is 176. The van der Waals surface area contributed by atoms with Crippen LogP contribution in [0.1, 0.15) is 20.3 Å². The van der Waals surface area contributed by atoms with E-state index in [1.807, 2.05) is 0 Å². The van der Waals surface area contributed by atoms with E-state index in [0.29, 0.717) is 0 Å². The summed E-state index contributed by atoms with van der Waals surface area (Å²) < 4.78 is 36.7. The fourth-order valence-electron chi connectivity index (χ4n) is 0.720. The second kappa shape index (κ2) is 3.75. The maximum atomic E-state index is 13.0. The molecule has 0 radical (unpaired) electrons. The van der Waals surface area contributed by atoms with Crippen molar-refractivity contribution in [1.29, 1.82) is 0 Å². The fraction of sp³-hybridized carbons (Fsp3) is 0.833.